The van der Waals surface area contributed by atoms with E-state index in [-0.39, 0.29) is 32.0 Å². The number of hydrogen-bond donors (Lipinski definition) is 1. The van der Waals surface area contributed by atoms with Crippen molar-refractivity contribution in [1.82, 2.24) is 0 Å². The number of carbonyl (C=O) groups excluding carboxylic acids is 2. The number of aliphatic hydroxyl groups excluding tert-OH is 1. The van der Waals surface area contributed by atoms with Gasteiger partial charge in [0.15, 0.2) is 11.5 Å². The van der Waals surface area contributed by atoms with Crippen LogP contribution in [0.5, 0.6) is 17.2 Å². The van der Waals surface area contributed by atoms with Gasteiger partial charge >= 0.3 is 5.97 Å². The Morgan fingerprint density at radius 1 is 0.800 bits per heavy atom. The number of rotatable bonds is 10. The lowest BCUT2D eigenvalue weighted by atomic mass is 10.1. The molecule has 0 bridgehead atoms. The highest BCUT2D eigenvalue weighted by Crippen LogP contribution is 2.32. The third kappa shape index (κ3) is 5.27. The molecule has 0 spiro atoms. The summed E-state index contributed by atoms with van der Waals surface area (Å²) >= 11 is 0. The molecule has 0 heterocycles. The van der Waals surface area contributed by atoms with Gasteiger partial charge in [-0.1, -0.05) is 24.3 Å². The minimum atomic E-state index is -0.910. The zero-order valence-corrected chi connectivity index (χ0v) is 16.5. The number of aliphatic hydroxyl groups is 1. The quantitative estimate of drug-likeness (QED) is 0.238. The minimum Gasteiger partial charge on any atom is -0.490 e. The number of fused-ring (bicyclic) bond motifs is 1. The maximum absolute atomic E-state index is 11.7. The molecule has 0 atom stereocenters. The highest BCUT2D eigenvalue weighted by atomic mass is 16.5. The highest BCUT2D eigenvalue weighted by Gasteiger charge is 2.16. The second kappa shape index (κ2) is 10.3. The normalized spacial score (nSPS) is 10.5. The molecule has 0 unspecified atom stereocenters. The molecule has 3 aromatic rings. The van der Waals surface area contributed by atoms with E-state index in [0.717, 1.165) is 17.9 Å². The topological polar surface area (TPSA) is 91.3 Å². The number of ether oxygens (including phenoxy) is 4. The molecule has 156 valence electrons. The molecule has 0 aliphatic rings. The molecule has 0 amide bonds. The van der Waals surface area contributed by atoms with Crippen molar-refractivity contribution in [3.05, 3.63) is 66.2 Å². The molecule has 3 rings (SSSR count). The van der Waals surface area contributed by atoms with E-state index in [0.29, 0.717) is 17.2 Å². The molecule has 3 aromatic carbocycles. The molecule has 7 heteroatoms. The van der Waals surface area contributed by atoms with Crippen LogP contribution in [-0.4, -0.2) is 50.4 Å². The summed E-state index contributed by atoms with van der Waals surface area (Å²) < 4.78 is 21.5. The Balaban J connectivity index is 1.59. The van der Waals surface area contributed by atoms with Crippen molar-refractivity contribution in [3.63, 3.8) is 0 Å². The smallest absolute Gasteiger partial charge is 0.379 e. The van der Waals surface area contributed by atoms with Crippen LogP contribution in [-0.2, 0) is 9.53 Å². The first kappa shape index (κ1) is 21.1. The molecule has 0 saturated carbocycles. The van der Waals surface area contributed by atoms with E-state index in [9.17, 15) is 9.59 Å². The summed E-state index contributed by atoms with van der Waals surface area (Å²) in [5.74, 6) is 0.0271. The molecule has 0 saturated heterocycles. The molecule has 0 aromatic heterocycles. The standard InChI is InChI=1S/C23H22O7/c1-27-23(26)22(25)16-6-8-19(9-7-16)28-12-13-30-21-15-18-5-3-2-4-17(18)14-20(21)29-11-10-24/h2-9,14-15,24H,10-13H2,1H3. The van der Waals surface area contributed by atoms with E-state index in [1.165, 1.54) is 12.1 Å². The van der Waals surface area contributed by atoms with Crippen molar-refractivity contribution >= 4 is 22.5 Å². The van der Waals surface area contributed by atoms with Crippen LogP contribution in [0.25, 0.3) is 10.8 Å². The van der Waals surface area contributed by atoms with Crippen LogP contribution in [0, 0.1) is 0 Å². The Morgan fingerprint density at radius 2 is 1.37 bits per heavy atom. The van der Waals surface area contributed by atoms with Crippen molar-refractivity contribution < 1.29 is 33.6 Å². The third-order valence-electron chi connectivity index (χ3n) is 4.26. The molecular weight excluding hydrogens is 388 g/mol. The SMILES string of the molecule is COC(=O)C(=O)c1ccc(OCCOc2cc3ccccc3cc2OCCO)cc1. The molecule has 0 fully saturated rings. The summed E-state index contributed by atoms with van der Waals surface area (Å²) in [6.07, 6.45) is 0. The van der Waals surface area contributed by atoms with E-state index < -0.39 is 11.8 Å². The van der Waals surface area contributed by atoms with Crippen LogP contribution in [0.1, 0.15) is 10.4 Å². The Hall–Kier alpha value is -3.58. The number of Topliss-reactive ketones (excluding diaryl/α,β-unsaturated/α-hetero) is 1. The largest absolute Gasteiger partial charge is 0.490 e. The lowest BCUT2D eigenvalue weighted by Crippen LogP contribution is -2.15. The maximum Gasteiger partial charge on any atom is 0.379 e. The van der Waals surface area contributed by atoms with Crippen molar-refractivity contribution in [2.75, 3.05) is 33.5 Å². The number of carbonyl (C=O) groups is 2. The molecule has 7 nitrogen and oxygen atoms in total. The zero-order valence-electron chi connectivity index (χ0n) is 16.5. The molecule has 0 radical (unpaired) electrons. The maximum atomic E-state index is 11.7. The van der Waals surface area contributed by atoms with Gasteiger partial charge in [-0.15, -0.1) is 0 Å². The van der Waals surface area contributed by atoms with Gasteiger partial charge in [0.2, 0.25) is 0 Å². The molecular formula is C23H22O7. The van der Waals surface area contributed by atoms with Crippen molar-refractivity contribution in [2.45, 2.75) is 0 Å². The van der Waals surface area contributed by atoms with Crippen LogP contribution >= 0.6 is 0 Å². The van der Waals surface area contributed by atoms with Gasteiger partial charge in [0.25, 0.3) is 5.78 Å². The molecule has 0 aliphatic carbocycles. The Bertz CT molecular complexity index is 1010. The average Bonchev–Trinajstić information content (AvgIpc) is 2.79. The lowest BCUT2D eigenvalue weighted by molar-refractivity contribution is -0.135. The van der Waals surface area contributed by atoms with Gasteiger partial charge in [-0.25, -0.2) is 4.79 Å². The number of hydrogen-bond acceptors (Lipinski definition) is 7. The Kier molecular flexibility index (Phi) is 7.24. The monoisotopic (exact) mass is 410 g/mol. The van der Waals surface area contributed by atoms with Crippen LogP contribution in [0.3, 0.4) is 0 Å². The van der Waals surface area contributed by atoms with E-state index in [4.69, 9.17) is 19.3 Å². The van der Waals surface area contributed by atoms with E-state index in [1.807, 2.05) is 36.4 Å². The van der Waals surface area contributed by atoms with Gasteiger partial charge in [0, 0.05) is 5.56 Å². The lowest BCUT2D eigenvalue weighted by Gasteiger charge is -2.14. The van der Waals surface area contributed by atoms with Crippen LogP contribution in [0.4, 0.5) is 0 Å². The fourth-order valence-corrected chi connectivity index (χ4v) is 2.80. The van der Waals surface area contributed by atoms with E-state index in [1.54, 1.807) is 12.1 Å². The second-order valence-electron chi connectivity index (χ2n) is 6.26. The highest BCUT2D eigenvalue weighted by molar-refractivity contribution is 6.40. The molecule has 30 heavy (non-hydrogen) atoms. The number of ketones is 1. The van der Waals surface area contributed by atoms with Crippen LogP contribution in [0.15, 0.2) is 60.7 Å². The van der Waals surface area contributed by atoms with Gasteiger partial charge < -0.3 is 24.1 Å². The fourth-order valence-electron chi connectivity index (χ4n) is 2.80. The first-order chi connectivity index (χ1) is 14.6. The summed E-state index contributed by atoms with van der Waals surface area (Å²) in [6.45, 7) is 0.596. The summed E-state index contributed by atoms with van der Waals surface area (Å²) in [5.41, 5.74) is 0.229. The summed E-state index contributed by atoms with van der Waals surface area (Å²) in [7, 11) is 1.16. The Morgan fingerprint density at radius 3 is 1.93 bits per heavy atom. The summed E-state index contributed by atoms with van der Waals surface area (Å²) in [6, 6.07) is 17.8. The Labute approximate surface area is 173 Å². The van der Waals surface area contributed by atoms with Gasteiger partial charge in [-0.2, -0.15) is 0 Å². The van der Waals surface area contributed by atoms with E-state index in [2.05, 4.69) is 4.74 Å². The number of benzene rings is 3. The molecule has 1 N–H and O–H groups in total. The van der Waals surface area contributed by atoms with E-state index >= 15 is 0 Å². The molecule has 0 aliphatic heterocycles. The van der Waals surface area contributed by atoms with Gasteiger partial charge in [0.05, 0.1) is 13.7 Å². The average molecular weight is 410 g/mol. The second-order valence-corrected chi connectivity index (χ2v) is 6.26. The van der Waals surface area contributed by atoms with Crippen LogP contribution < -0.4 is 14.2 Å². The minimum absolute atomic E-state index is 0.0934. The number of methoxy groups -OCH3 is 1. The first-order valence-corrected chi connectivity index (χ1v) is 9.37. The zero-order chi connectivity index (χ0) is 21.3. The third-order valence-corrected chi connectivity index (χ3v) is 4.26. The first-order valence-electron chi connectivity index (χ1n) is 9.37. The van der Waals surface area contributed by atoms with Crippen LogP contribution in [0.2, 0.25) is 0 Å². The van der Waals surface area contributed by atoms with Gasteiger partial charge in [-0.3, -0.25) is 4.79 Å². The fraction of sp³-hybridized carbons (Fsp3) is 0.217. The predicted molar refractivity (Wildman–Crippen MR) is 110 cm³/mol. The van der Waals surface area contributed by atoms with Gasteiger partial charge in [-0.05, 0) is 47.2 Å². The van der Waals surface area contributed by atoms with Crippen molar-refractivity contribution in [3.8, 4) is 17.2 Å². The van der Waals surface area contributed by atoms with Gasteiger partial charge in [0.1, 0.15) is 25.6 Å². The number of esters is 1. The summed E-state index contributed by atoms with van der Waals surface area (Å²) in [4.78, 5) is 23.0. The van der Waals surface area contributed by atoms with Crippen molar-refractivity contribution in [2.24, 2.45) is 0 Å². The van der Waals surface area contributed by atoms with Crippen molar-refractivity contribution in [1.29, 1.82) is 0 Å². The summed E-state index contributed by atoms with van der Waals surface area (Å²) in [5, 5.41) is 11.1. The predicted octanol–water partition coefficient (Wildman–Crippen LogP) is 3.02.